The number of anilines is 1. The van der Waals surface area contributed by atoms with Crippen molar-refractivity contribution in [3.8, 4) is 0 Å². The second kappa shape index (κ2) is 14.0. The number of rotatable bonds is 9. The van der Waals surface area contributed by atoms with Gasteiger partial charge in [-0.2, -0.15) is 0 Å². The van der Waals surface area contributed by atoms with Gasteiger partial charge >= 0.3 is 0 Å². The van der Waals surface area contributed by atoms with Crippen molar-refractivity contribution in [1.82, 2.24) is 15.6 Å². The van der Waals surface area contributed by atoms with E-state index >= 15 is 0 Å². The molecule has 8 heteroatoms. The number of ether oxygens (including phenoxy) is 2. The van der Waals surface area contributed by atoms with Crippen LogP contribution in [0.5, 0.6) is 0 Å². The maximum atomic E-state index is 5.79. The molecule has 0 unspecified atom stereocenters. The van der Waals surface area contributed by atoms with Crippen LogP contribution in [0, 0.1) is 5.92 Å². The Morgan fingerprint density at radius 3 is 2.81 bits per heavy atom. The number of nitrogens with one attached hydrogen (secondary N) is 2. The molecule has 1 saturated heterocycles. The molecule has 27 heavy (non-hydrogen) atoms. The van der Waals surface area contributed by atoms with Crippen molar-refractivity contribution in [1.29, 1.82) is 0 Å². The summed E-state index contributed by atoms with van der Waals surface area (Å²) in [5, 5.41) is 6.67. The fourth-order valence-corrected chi connectivity index (χ4v) is 2.91. The topological polar surface area (TPSA) is 71.0 Å². The summed E-state index contributed by atoms with van der Waals surface area (Å²) in [5.41, 5.74) is 1.14. The van der Waals surface area contributed by atoms with Gasteiger partial charge < -0.3 is 25.0 Å². The minimum Gasteiger partial charge on any atom is -0.381 e. The highest BCUT2D eigenvalue weighted by atomic mass is 127. The lowest BCUT2D eigenvalue weighted by Gasteiger charge is -2.21. The first-order chi connectivity index (χ1) is 12.7. The van der Waals surface area contributed by atoms with E-state index in [9.17, 15) is 0 Å². The van der Waals surface area contributed by atoms with E-state index in [1.807, 2.05) is 31.3 Å². The number of halogens is 1. The van der Waals surface area contributed by atoms with E-state index in [1.54, 1.807) is 7.05 Å². The van der Waals surface area contributed by atoms with Gasteiger partial charge in [0, 0.05) is 72.4 Å². The molecule has 2 rings (SSSR count). The number of hydrogen-bond acceptors (Lipinski definition) is 5. The van der Waals surface area contributed by atoms with Crippen LogP contribution in [0.25, 0.3) is 0 Å². The number of aliphatic imine (C=N–C) groups is 1. The quantitative estimate of drug-likeness (QED) is 0.239. The molecule has 0 aliphatic carbocycles. The van der Waals surface area contributed by atoms with Crippen LogP contribution < -0.4 is 15.5 Å². The number of pyridine rings is 1. The van der Waals surface area contributed by atoms with Gasteiger partial charge in [-0.15, -0.1) is 24.0 Å². The molecule has 0 atom stereocenters. The second-order valence-corrected chi connectivity index (χ2v) is 6.72. The first kappa shape index (κ1) is 23.9. The van der Waals surface area contributed by atoms with Gasteiger partial charge in [0.15, 0.2) is 5.96 Å². The minimum atomic E-state index is 0. The first-order valence-corrected chi connectivity index (χ1v) is 9.42. The molecular formula is C19H34IN5O2. The maximum Gasteiger partial charge on any atom is 0.191 e. The molecule has 0 radical (unpaired) electrons. The van der Waals surface area contributed by atoms with Crippen molar-refractivity contribution >= 4 is 35.8 Å². The van der Waals surface area contributed by atoms with Gasteiger partial charge in [-0.25, -0.2) is 4.98 Å². The Balaban J connectivity index is 0.00000364. The predicted molar refractivity (Wildman–Crippen MR) is 121 cm³/mol. The van der Waals surface area contributed by atoms with Gasteiger partial charge in [-0.05, 0) is 31.2 Å². The molecular weight excluding hydrogens is 457 g/mol. The summed E-state index contributed by atoms with van der Waals surface area (Å²) < 4.78 is 11.2. The van der Waals surface area contributed by atoms with Crippen molar-refractivity contribution in [2.24, 2.45) is 10.9 Å². The van der Waals surface area contributed by atoms with Crippen molar-refractivity contribution < 1.29 is 9.47 Å². The van der Waals surface area contributed by atoms with Crippen LogP contribution in [0.1, 0.15) is 24.8 Å². The third-order valence-electron chi connectivity index (χ3n) is 4.41. The zero-order valence-electron chi connectivity index (χ0n) is 16.7. The molecule has 0 bridgehead atoms. The average molecular weight is 491 g/mol. The van der Waals surface area contributed by atoms with Gasteiger partial charge in [0.1, 0.15) is 5.82 Å². The maximum absolute atomic E-state index is 5.79. The molecule has 0 aromatic carbocycles. The van der Waals surface area contributed by atoms with Crippen molar-refractivity contribution in [3.63, 3.8) is 0 Å². The highest BCUT2D eigenvalue weighted by molar-refractivity contribution is 14.0. The Morgan fingerprint density at radius 1 is 1.33 bits per heavy atom. The van der Waals surface area contributed by atoms with Crippen molar-refractivity contribution in [3.05, 3.63) is 23.9 Å². The lowest BCUT2D eigenvalue weighted by atomic mass is 10.0. The molecule has 1 aliphatic heterocycles. The van der Waals surface area contributed by atoms with E-state index in [0.717, 1.165) is 69.6 Å². The predicted octanol–water partition coefficient (Wildman–Crippen LogP) is 2.26. The first-order valence-electron chi connectivity index (χ1n) is 9.42. The van der Waals surface area contributed by atoms with Gasteiger partial charge in [-0.1, -0.05) is 6.07 Å². The molecule has 154 valence electrons. The average Bonchev–Trinajstić information content (AvgIpc) is 2.67. The molecule has 0 amide bonds. The molecule has 1 aliphatic rings. The summed E-state index contributed by atoms with van der Waals surface area (Å²) >= 11 is 0. The Kier molecular flexibility index (Phi) is 12.4. The van der Waals surface area contributed by atoms with Crippen LogP contribution in [-0.2, 0) is 16.0 Å². The summed E-state index contributed by atoms with van der Waals surface area (Å²) in [7, 11) is 5.78. The summed E-state index contributed by atoms with van der Waals surface area (Å²) in [4.78, 5) is 10.7. The smallest absolute Gasteiger partial charge is 0.191 e. The number of aromatic nitrogens is 1. The molecule has 0 spiro atoms. The van der Waals surface area contributed by atoms with Gasteiger partial charge in [0.2, 0.25) is 0 Å². The van der Waals surface area contributed by atoms with Gasteiger partial charge in [0.25, 0.3) is 0 Å². The standard InChI is InChI=1S/C19H33N5O2.HI/c1-20-19(23-14-17-6-4-9-21-18(17)24(2)3)22-10-5-11-26-15-16-7-12-25-13-8-16;/h4,6,9,16H,5,7-8,10-15H2,1-3H3,(H2,20,22,23);1H. The second-order valence-electron chi connectivity index (χ2n) is 6.72. The van der Waals surface area contributed by atoms with E-state index in [4.69, 9.17) is 9.47 Å². The molecule has 7 nitrogen and oxygen atoms in total. The molecule has 2 heterocycles. The van der Waals surface area contributed by atoms with Crippen LogP contribution in [-0.4, -0.2) is 65.1 Å². The van der Waals surface area contributed by atoms with E-state index in [0.29, 0.717) is 12.5 Å². The normalized spacial score (nSPS) is 15.1. The molecule has 0 saturated carbocycles. The van der Waals surface area contributed by atoms with Gasteiger partial charge in [-0.3, -0.25) is 4.99 Å². The van der Waals surface area contributed by atoms with E-state index < -0.39 is 0 Å². The third kappa shape index (κ3) is 9.07. The lowest BCUT2D eigenvalue weighted by molar-refractivity contribution is 0.0203. The Labute approximate surface area is 180 Å². The number of hydrogen-bond donors (Lipinski definition) is 2. The molecule has 1 aromatic rings. The highest BCUT2D eigenvalue weighted by Gasteiger charge is 2.13. The Bertz CT molecular complexity index is 551. The number of nitrogens with zero attached hydrogens (tertiary/aromatic N) is 3. The fraction of sp³-hybridized carbons (Fsp3) is 0.684. The summed E-state index contributed by atoms with van der Waals surface area (Å²) in [6.07, 6.45) is 5.02. The lowest BCUT2D eigenvalue weighted by Crippen LogP contribution is -2.38. The monoisotopic (exact) mass is 491 g/mol. The Hall–Kier alpha value is -1.13. The fourth-order valence-electron chi connectivity index (χ4n) is 2.91. The summed E-state index contributed by atoms with van der Waals surface area (Å²) in [6, 6.07) is 4.03. The van der Waals surface area contributed by atoms with E-state index in [1.165, 1.54) is 0 Å². The van der Waals surface area contributed by atoms with Crippen LogP contribution in [0.4, 0.5) is 5.82 Å². The number of guanidine groups is 1. The zero-order chi connectivity index (χ0) is 18.6. The third-order valence-corrected chi connectivity index (χ3v) is 4.41. The summed E-state index contributed by atoms with van der Waals surface area (Å²) in [6.45, 7) is 4.90. The SMILES string of the molecule is CN=C(NCCCOCC1CCOCC1)NCc1cccnc1N(C)C.I. The van der Waals surface area contributed by atoms with Crippen LogP contribution in [0.3, 0.4) is 0 Å². The highest BCUT2D eigenvalue weighted by Crippen LogP contribution is 2.15. The zero-order valence-corrected chi connectivity index (χ0v) is 19.1. The van der Waals surface area contributed by atoms with Crippen LogP contribution >= 0.6 is 24.0 Å². The van der Waals surface area contributed by atoms with Gasteiger partial charge in [0.05, 0.1) is 0 Å². The molecule has 1 fully saturated rings. The largest absolute Gasteiger partial charge is 0.381 e. The van der Waals surface area contributed by atoms with E-state index in [-0.39, 0.29) is 24.0 Å². The van der Waals surface area contributed by atoms with E-state index in [2.05, 4.69) is 26.7 Å². The van der Waals surface area contributed by atoms with Crippen molar-refractivity contribution in [2.45, 2.75) is 25.8 Å². The summed E-state index contributed by atoms with van der Waals surface area (Å²) in [5.74, 6) is 2.43. The molecule has 1 aromatic heterocycles. The van der Waals surface area contributed by atoms with Crippen molar-refractivity contribution in [2.75, 3.05) is 59.0 Å². The van der Waals surface area contributed by atoms with Crippen LogP contribution in [0.2, 0.25) is 0 Å². The Morgan fingerprint density at radius 2 is 2.11 bits per heavy atom. The molecule has 2 N–H and O–H groups in total. The minimum absolute atomic E-state index is 0. The van der Waals surface area contributed by atoms with Crippen LogP contribution in [0.15, 0.2) is 23.3 Å².